The van der Waals surface area contributed by atoms with Crippen molar-refractivity contribution in [3.05, 3.63) is 47.4 Å². The summed E-state index contributed by atoms with van der Waals surface area (Å²) in [5, 5.41) is -0.274. The van der Waals surface area contributed by atoms with E-state index in [9.17, 15) is 17.4 Å². The van der Waals surface area contributed by atoms with Gasteiger partial charge in [0, 0.05) is 34.7 Å². The second-order valence-electron chi connectivity index (χ2n) is 6.28. The van der Waals surface area contributed by atoms with E-state index in [1.54, 1.807) is 18.2 Å². The average molecular weight is 422 g/mol. The first-order chi connectivity index (χ1) is 13.0. The van der Waals surface area contributed by atoms with E-state index in [1.165, 1.54) is 34.1 Å². The molecule has 0 saturated heterocycles. The summed E-state index contributed by atoms with van der Waals surface area (Å²) < 4.78 is 42.4. The smallest absolute Gasteiger partial charge is 0.267 e. The maximum absolute atomic E-state index is 12.8. The molecule has 3 aromatic rings. The second-order valence-corrected chi connectivity index (χ2v) is 10.7. The predicted molar refractivity (Wildman–Crippen MR) is 106 cm³/mol. The van der Waals surface area contributed by atoms with Crippen LogP contribution in [0.1, 0.15) is 0 Å². The standard InChI is InChI=1S/C16H18N6O4S2/c1-5-9-21-15(23)11-10-17-16(28(4,25)26)19-14(11)22(21)13-8-6-7-12(18-13)20-27(2,3)24/h5-8,10H,1,9H2,2-4H3. The highest BCUT2D eigenvalue weighted by atomic mass is 32.2. The van der Waals surface area contributed by atoms with E-state index in [2.05, 4.69) is 25.9 Å². The molecule has 0 saturated carbocycles. The summed E-state index contributed by atoms with van der Waals surface area (Å²) >= 11 is 0. The Kier molecular flexibility index (Phi) is 4.93. The van der Waals surface area contributed by atoms with E-state index in [0.717, 1.165) is 6.26 Å². The third-order valence-electron chi connectivity index (χ3n) is 3.54. The Morgan fingerprint density at radius 1 is 1.18 bits per heavy atom. The van der Waals surface area contributed by atoms with E-state index < -0.39 is 30.3 Å². The Bertz CT molecular complexity index is 1370. The van der Waals surface area contributed by atoms with Gasteiger partial charge >= 0.3 is 0 Å². The van der Waals surface area contributed by atoms with Crippen LogP contribution < -0.4 is 5.56 Å². The lowest BCUT2D eigenvalue weighted by Crippen LogP contribution is -2.22. The van der Waals surface area contributed by atoms with Gasteiger partial charge in [0.2, 0.25) is 15.0 Å². The fourth-order valence-corrected chi connectivity index (χ4v) is 3.57. The molecular weight excluding hydrogens is 404 g/mol. The van der Waals surface area contributed by atoms with Crippen molar-refractivity contribution in [2.75, 3.05) is 18.8 Å². The van der Waals surface area contributed by atoms with Crippen LogP contribution in [0.3, 0.4) is 0 Å². The van der Waals surface area contributed by atoms with Gasteiger partial charge in [0.05, 0.1) is 6.54 Å². The van der Waals surface area contributed by atoms with E-state index in [1.807, 2.05) is 0 Å². The molecule has 12 heteroatoms. The van der Waals surface area contributed by atoms with E-state index in [-0.39, 0.29) is 29.2 Å². The van der Waals surface area contributed by atoms with Gasteiger partial charge in [-0.15, -0.1) is 6.58 Å². The van der Waals surface area contributed by atoms with Crippen LogP contribution in [-0.2, 0) is 26.1 Å². The van der Waals surface area contributed by atoms with Crippen LogP contribution in [0, 0.1) is 0 Å². The van der Waals surface area contributed by atoms with E-state index in [0.29, 0.717) is 0 Å². The number of aromatic nitrogens is 5. The number of pyridine rings is 1. The number of fused-ring (bicyclic) bond motifs is 1. The molecule has 0 unspecified atom stereocenters. The van der Waals surface area contributed by atoms with Gasteiger partial charge in [0.25, 0.3) is 5.56 Å². The van der Waals surface area contributed by atoms with Gasteiger partial charge in [0.15, 0.2) is 17.3 Å². The fourth-order valence-electron chi connectivity index (χ4n) is 2.52. The highest BCUT2D eigenvalue weighted by molar-refractivity contribution is 7.92. The maximum Gasteiger partial charge on any atom is 0.278 e. The van der Waals surface area contributed by atoms with Crippen molar-refractivity contribution in [1.82, 2.24) is 24.3 Å². The molecule has 0 aliphatic heterocycles. The molecule has 0 bridgehead atoms. The largest absolute Gasteiger partial charge is 0.278 e. The first-order valence-electron chi connectivity index (χ1n) is 7.95. The topological polar surface area (TPSA) is 129 Å². The summed E-state index contributed by atoms with van der Waals surface area (Å²) in [6.45, 7) is 3.77. The van der Waals surface area contributed by atoms with Crippen molar-refractivity contribution in [3.8, 4) is 5.82 Å². The van der Waals surface area contributed by atoms with Crippen LogP contribution in [0.4, 0.5) is 5.82 Å². The minimum atomic E-state index is -3.69. The molecule has 0 aromatic carbocycles. The Morgan fingerprint density at radius 2 is 1.89 bits per heavy atom. The lowest BCUT2D eigenvalue weighted by Gasteiger charge is -2.10. The number of hydrogen-bond donors (Lipinski definition) is 0. The van der Waals surface area contributed by atoms with Gasteiger partial charge in [0.1, 0.15) is 5.39 Å². The van der Waals surface area contributed by atoms with Crippen LogP contribution in [0.15, 0.2) is 51.4 Å². The maximum atomic E-state index is 12.8. The summed E-state index contributed by atoms with van der Waals surface area (Å²) in [6, 6.07) is 4.82. The average Bonchev–Trinajstić information content (AvgIpc) is 2.85. The normalized spacial score (nSPS) is 12.2. The van der Waals surface area contributed by atoms with E-state index >= 15 is 0 Å². The van der Waals surface area contributed by atoms with Crippen LogP contribution in [0.2, 0.25) is 0 Å². The molecule has 0 atom stereocenters. The Balaban J connectivity index is 2.40. The molecule has 28 heavy (non-hydrogen) atoms. The second kappa shape index (κ2) is 6.95. The lowest BCUT2D eigenvalue weighted by molar-refractivity contribution is 0.587. The Hall–Kier alpha value is -2.86. The molecule has 0 aliphatic rings. The highest BCUT2D eigenvalue weighted by Gasteiger charge is 2.20. The SMILES string of the molecule is C=CCn1c(=O)c2cnc(S(C)(=O)=O)nc2n1-c1cccc(N=S(C)(C)=O)n1. The van der Waals surface area contributed by atoms with Crippen molar-refractivity contribution in [3.63, 3.8) is 0 Å². The Labute approximate surface area is 161 Å². The third kappa shape index (κ3) is 3.87. The molecular formula is C16H18N6O4S2. The van der Waals surface area contributed by atoms with Crippen molar-refractivity contribution < 1.29 is 12.6 Å². The minimum absolute atomic E-state index is 0.0839. The van der Waals surface area contributed by atoms with Gasteiger partial charge in [-0.05, 0) is 12.1 Å². The van der Waals surface area contributed by atoms with Crippen LogP contribution in [0.5, 0.6) is 0 Å². The van der Waals surface area contributed by atoms with E-state index in [4.69, 9.17) is 0 Å². The molecule has 148 valence electrons. The summed E-state index contributed by atoms with van der Waals surface area (Å²) in [6.07, 6.45) is 6.63. The monoisotopic (exact) mass is 422 g/mol. The summed E-state index contributed by atoms with van der Waals surface area (Å²) in [5.74, 6) is 0.473. The van der Waals surface area contributed by atoms with Crippen molar-refractivity contribution >= 4 is 36.4 Å². The van der Waals surface area contributed by atoms with Crippen LogP contribution in [0.25, 0.3) is 16.9 Å². The molecule has 0 amide bonds. The molecule has 10 nitrogen and oxygen atoms in total. The van der Waals surface area contributed by atoms with Gasteiger partial charge < -0.3 is 0 Å². The van der Waals surface area contributed by atoms with Crippen LogP contribution in [-0.4, -0.2) is 55.7 Å². The van der Waals surface area contributed by atoms with Gasteiger partial charge in [-0.1, -0.05) is 12.1 Å². The molecule has 0 N–H and O–H groups in total. The molecule has 0 aliphatic carbocycles. The first-order valence-corrected chi connectivity index (χ1v) is 12.2. The fraction of sp³-hybridized carbons (Fsp3) is 0.250. The van der Waals surface area contributed by atoms with Crippen LogP contribution >= 0.6 is 0 Å². The van der Waals surface area contributed by atoms with Gasteiger partial charge in [-0.3, -0.25) is 4.79 Å². The predicted octanol–water partition coefficient (Wildman–Crippen LogP) is 0.926. The van der Waals surface area contributed by atoms with Gasteiger partial charge in [-0.25, -0.2) is 32.0 Å². The number of sulfone groups is 1. The van der Waals surface area contributed by atoms with Gasteiger partial charge in [-0.2, -0.15) is 9.35 Å². The molecule has 3 rings (SSSR count). The first kappa shape index (κ1) is 19.9. The summed E-state index contributed by atoms with van der Waals surface area (Å²) in [7, 11) is -6.13. The molecule has 0 radical (unpaired) electrons. The van der Waals surface area contributed by atoms with Crippen molar-refractivity contribution in [1.29, 1.82) is 0 Å². The zero-order valence-corrected chi connectivity index (χ0v) is 17.1. The third-order valence-corrected chi connectivity index (χ3v) is 5.02. The van der Waals surface area contributed by atoms with Crippen molar-refractivity contribution in [2.24, 2.45) is 4.36 Å². The number of rotatable bonds is 5. The quantitative estimate of drug-likeness (QED) is 0.442. The molecule has 0 spiro atoms. The number of nitrogens with zero attached hydrogens (tertiary/aromatic N) is 6. The minimum Gasteiger partial charge on any atom is -0.267 e. The summed E-state index contributed by atoms with van der Waals surface area (Å²) in [5.41, 5.74) is -0.338. The number of allylic oxidation sites excluding steroid dienone is 1. The Morgan fingerprint density at radius 3 is 2.50 bits per heavy atom. The zero-order valence-electron chi connectivity index (χ0n) is 15.4. The lowest BCUT2D eigenvalue weighted by atomic mass is 10.4. The number of hydrogen-bond acceptors (Lipinski definition) is 8. The highest BCUT2D eigenvalue weighted by Crippen LogP contribution is 2.18. The molecule has 3 heterocycles. The molecule has 3 aromatic heterocycles. The van der Waals surface area contributed by atoms with Crippen molar-refractivity contribution in [2.45, 2.75) is 11.7 Å². The zero-order chi connectivity index (χ0) is 20.7. The molecule has 0 fully saturated rings. The summed E-state index contributed by atoms with van der Waals surface area (Å²) in [4.78, 5) is 25.0.